The number of nitrogens with one attached hydrogen (secondary N) is 1. The second-order valence-electron chi connectivity index (χ2n) is 5.27. The van der Waals surface area contributed by atoms with Crippen molar-refractivity contribution in [2.75, 3.05) is 27.2 Å². The number of rotatable bonds is 6. The maximum absolute atomic E-state index is 11.8. The zero-order chi connectivity index (χ0) is 14.4. The van der Waals surface area contributed by atoms with E-state index in [-0.39, 0.29) is 17.9 Å². The van der Waals surface area contributed by atoms with Crippen LogP contribution in [0.4, 0.5) is 0 Å². The average Bonchev–Trinajstić information content (AvgIpc) is 2.39. The fourth-order valence-corrected chi connectivity index (χ4v) is 1.87. The third-order valence-electron chi connectivity index (χ3n) is 3.36. The highest BCUT2D eigenvalue weighted by Crippen LogP contribution is 2.18. The van der Waals surface area contributed by atoms with Gasteiger partial charge in [0.2, 0.25) is 5.91 Å². The van der Waals surface area contributed by atoms with E-state index >= 15 is 0 Å². The molecule has 1 aromatic rings. The van der Waals surface area contributed by atoms with Crippen molar-refractivity contribution < 1.29 is 4.79 Å². The highest BCUT2D eigenvalue weighted by Gasteiger charge is 2.17. The van der Waals surface area contributed by atoms with Crippen molar-refractivity contribution in [3.63, 3.8) is 0 Å². The Balaban J connectivity index is 2.69. The van der Waals surface area contributed by atoms with Crippen molar-refractivity contribution in [2.24, 2.45) is 11.7 Å². The molecule has 3 N–H and O–H groups in total. The predicted molar refractivity (Wildman–Crippen MR) is 78.8 cm³/mol. The summed E-state index contributed by atoms with van der Waals surface area (Å²) in [6.45, 7) is 4.88. The number of amides is 1. The minimum atomic E-state index is -0.138. The molecule has 0 saturated carbocycles. The lowest BCUT2D eigenvalue weighted by atomic mass is 10.0. The fraction of sp³-hybridized carbons (Fsp3) is 0.533. The zero-order valence-electron chi connectivity index (χ0n) is 12.3. The molecule has 2 unspecified atom stereocenters. The monoisotopic (exact) mass is 263 g/mol. The first-order valence-electron chi connectivity index (χ1n) is 6.66. The number of nitrogens with zero attached hydrogens (tertiary/aromatic N) is 1. The van der Waals surface area contributed by atoms with Crippen LogP contribution in [0.1, 0.15) is 24.1 Å². The van der Waals surface area contributed by atoms with E-state index in [1.165, 1.54) is 11.1 Å². The van der Waals surface area contributed by atoms with E-state index in [9.17, 15) is 4.79 Å². The molecule has 4 heteroatoms. The molecule has 0 aliphatic carbocycles. The van der Waals surface area contributed by atoms with Crippen molar-refractivity contribution in [1.29, 1.82) is 0 Å². The van der Waals surface area contributed by atoms with Gasteiger partial charge >= 0.3 is 0 Å². The second-order valence-corrected chi connectivity index (χ2v) is 5.27. The average molecular weight is 263 g/mol. The molecule has 0 fully saturated rings. The molecule has 106 valence electrons. The molecule has 0 aliphatic heterocycles. The summed E-state index contributed by atoms with van der Waals surface area (Å²) in [4.78, 5) is 13.9. The number of hydrogen-bond donors (Lipinski definition) is 2. The first kappa shape index (κ1) is 15.7. The summed E-state index contributed by atoms with van der Waals surface area (Å²) in [6.07, 6.45) is 0. The van der Waals surface area contributed by atoms with Gasteiger partial charge in [0.25, 0.3) is 0 Å². The Kier molecular flexibility index (Phi) is 5.99. The van der Waals surface area contributed by atoms with Crippen molar-refractivity contribution >= 4 is 5.91 Å². The van der Waals surface area contributed by atoms with Gasteiger partial charge in [0, 0.05) is 19.0 Å². The summed E-state index contributed by atoms with van der Waals surface area (Å²) >= 11 is 0. The zero-order valence-corrected chi connectivity index (χ0v) is 12.3. The number of carbonyl (C=O) groups is 1. The molecule has 1 amide bonds. The lowest BCUT2D eigenvalue weighted by Gasteiger charge is -2.25. The lowest BCUT2D eigenvalue weighted by Crippen LogP contribution is -2.38. The third kappa shape index (κ3) is 4.65. The Morgan fingerprint density at radius 3 is 2.37 bits per heavy atom. The predicted octanol–water partition coefficient (Wildman–Crippen LogP) is 1.31. The lowest BCUT2D eigenvalue weighted by molar-refractivity contribution is -0.124. The molecule has 4 nitrogen and oxygen atoms in total. The van der Waals surface area contributed by atoms with Crippen LogP contribution in [0.2, 0.25) is 0 Å². The molecule has 0 aliphatic rings. The standard InChI is InChI=1S/C15H25N3O/c1-11-5-7-13(8-6-11)14(18(3)4)10-17-15(19)12(2)9-16/h5-8,12,14H,9-10,16H2,1-4H3,(H,17,19). The minimum absolute atomic E-state index is 0.0152. The molecular formula is C15H25N3O. The second kappa shape index (κ2) is 7.26. The summed E-state index contributed by atoms with van der Waals surface area (Å²) in [7, 11) is 4.03. The number of likely N-dealkylation sites (N-methyl/N-ethyl adjacent to an activating group) is 1. The molecule has 0 spiro atoms. The van der Waals surface area contributed by atoms with Crippen LogP contribution in [0.5, 0.6) is 0 Å². The molecule has 0 saturated heterocycles. The maximum Gasteiger partial charge on any atom is 0.224 e. The van der Waals surface area contributed by atoms with Gasteiger partial charge in [0.05, 0.1) is 6.04 Å². The number of hydrogen-bond acceptors (Lipinski definition) is 3. The minimum Gasteiger partial charge on any atom is -0.354 e. The Morgan fingerprint density at radius 1 is 1.32 bits per heavy atom. The van der Waals surface area contributed by atoms with Gasteiger partial charge in [-0.05, 0) is 26.6 Å². The quantitative estimate of drug-likeness (QED) is 0.813. The molecule has 0 heterocycles. The van der Waals surface area contributed by atoms with Gasteiger partial charge in [0.15, 0.2) is 0 Å². The molecule has 1 rings (SSSR count). The van der Waals surface area contributed by atoms with Crippen LogP contribution in [0.25, 0.3) is 0 Å². The van der Waals surface area contributed by atoms with Crippen LogP contribution >= 0.6 is 0 Å². The number of carbonyl (C=O) groups excluding carboxylic acids is 1. The van der Waals surface area contributed by atoms with Crippen LogP contribution in [0, 0.1) is 12.8 Å². The first-order chi connectivity index (χ1) is 8.95. The van der Waals surface area contributed by atoms with Crippen molar-refractivity contribution in [1.82, 2.24) is 10.2 Å². The first-order valence-corrected chi connectivity index (χ1v) is 6.66. The van der Waals surface area contributed by atoms with E-state index in [1.807, 2.05) is 21.0 Å². The van der Waals surface area contributed by atoms with Crippen LogP contribution in [0.3, 0.4) is 0 Å². The van der Waals surface area contributed by atoms with Crippen LogP contribution in [0.15, 0.2) is 24.3 Å². The Labute approximate surface area is 116 Å². The number of benzene rings is 1. The van der Waals surface area contributed by atoms with E-state index < -0.39 is 0 Å². The van der Waals surface area contributed by atoms with Crippen LogP contribution in [-0.2, 0) is 4.79 Å². The molecular weight excluding hydrogens is 238 g/mol. The number of aryl methyl sites for hydroxylation is 1. The summed E-state index contributed by atoms with van der Waals surface area (Å²) in [5.74, 6) is -0.123. The van der Waals surface area contributed by atoms with E-state index in [1.54, 1.807) is 0 Å². The van der Waals surface area contributed by atoms with Gasteiger partial charge in [-0.2, -0.15) is 0 Å². The van der Waals surface area contributed by atoms with Crippen molar-refractivity contribution in [3.05, 3.63) is 35.4 Å². The van der Waals surface area contributed by atoms with Gasteiger partial charge in [-0.3, -0.25) is 4.79 Å². The highest BCUT2D eigenvalue weighted by atomic mass is 16.1. The van der Waals surface area contributed by atoms with Crippen LogP contribution < -0.4 is 11.1 Å². The molecule has 0 bridgehead atoms. The van der Waals surface area contributed by atoms with Gasteiger partial charge in [-0.1, -0.05) is 36.8 Å². The van der Waals surface area contributed by atoms with Gasteiger partial charge < -0.3 is 16.0 Å². The Morgan fingerprint density at radius 2 is 1.89 bits per heavy atom. The smallest absolute Gasteiger partial charge is 0.224 e. The Hall–Kier alpha value is -1.39. The molecule has 1 aromatic carbocycles. The summed E-state index contributed by atoms with van der Waals surface area (Å²) in [6, 6.07) is 8.58. The SMILES string of the molecule is Cc1ccc(C(CNC(=O)C(C)CN)N(C)C)cc1. The fourth-order valence-electron chi connectivity index (χ4n) is 1.87. The van der Waals surface area contributed by atoms with E-state index in [2.05, 4.69) is 41.4 Å². The maximum atomic E-state index is 11.8. The van der Waals surface area contributed by atoms with Crippen molar-refractivity contribution in [2.45, 2.75) is 19.9 Å². The van der Waals surface area contributed by atoms with Crippen molar-refractivity contribution in [3.8, 4) is 0 Å². The van der Waals surface area contributed by atoms with Gasteiger partial charge in [-0.15, -0.1) is 0 Å². The van der Waals surface area contributed by atoms with Gasteiger partial charge in [0.1, 0.15) is 0 Å². The Bertz CT molecular complexity index is 400. The highest BCUT2D eigenvalue weighted by molar-refractivity contribution is 5.78. The van der Waals surface area contributed by atoms with Crippen LogP contribution in [-0.4, -0.2) is 38.0 Å². The third-order valence-corrected chi connectivity index (χ3v) is 3.36. The summed E-state index contributed by atoms with van der Waals surface area (Å²) < 4.78 is 0. The van der Waals surface area contributed by atoms with E-state index in [0.29, 0.717) is 13.1 Å². The molecule has 0 radical (unpaired) electrons. The molecule has 0 aromatic heterocycles. The topological polar surface area (TPSA) is 58.4 Å². The number of nitrogens with two attached hydrogens (primary N) is 1. The largest absolute Gasteiger partial charge is 0.354 e. The van der Waals surface area contributed by atoms with Gasteiger partial charge in [-0.25, -0.2) is 0 Å². The summed E-state index contributed by atoms with van der Waals surface area (Å²) in [5, 5.41) is 2.97. The molecule has 19 heavy (non-hydrogen) atoms. The van der Waals surface area contributed by atoms with E-state index in [4.69, 9.17) is 5.73 Å². The summed E-state index contributed by atoms with van der Waals surface area (Å²) in [5.41, 5.74) is 7.94. The molecule has 2 atom stereocenters. The van der Waals surface area contributed by atoms with E-state index in [0.717, 1.165) is 0 Å². The normalized spacial score (nSPS) is 14.2.